The number of carbonyl (C=O) groups is 3. The van der Waals surface area contributed by atoms with E-state index in [4.69, 9.17) is 4.74 Å². The van der Waals surface area contributed by atoms with E-state index in [0.29, 0.717) is 17.2 Å². The molecule has 0 aromatic heterocycles. The Morgan fingerprint density at radius 2 is 1.91 bits per heavy atom. The molecule has 0 spiro atoms. The van der Waals surface area contributed by atoms with Gasteiger partial charge in [-0.1, -0.05) is 19.1 Å². The number of benzene rings is 1. The molecule has 3 rings (SSSR count). The molecule has 0 aliphatic heterocycles. The molecule has 0 heterocycles. The summed E-state index contributed by atoms with van der Waals surface area (Å²) in [6.07, 6.45) is 2.82. The monoisotopic (exact) mass is 316 g/mol. The van der Waals surface area contributed by atoms with Gasteiger partial charge >= 0.3 is 5.97 Å². The van der Waals surface area contributed by atoms with Crippen molar-refractivity contribution in [2.24, 2.45) is 11.8 Å². The van der Waals surface area contributed by atoms with E-state index >= 15 is 0 Å². The molecule has 1 aromatic rings. The molecule has 2 aliphatic carbocycles. The average molecular weight is 316 g/mol. The fourth-order valence-electron chi connectivity index (χ4n) is 2.36. The normalized spacial score (nSPS) is 22.1. The van der Waals surface area contributed by atoms with Crippen molar-refractivity contribution in [1.29, 1.82) is 0 Å². The Hall–Kier alpha value is -2.37. The number of carbonyl (C=O) groups excluding carboxylic acids is 3. The van der Waals surface area contributed by atoms with Gasteiger partial charge in [0.2, 0.25) is 0 Å². The van der Waals surface area contributed by atoms with E-state index in [0.717, 1.165) is 19.3 Å². The third-order valence-corrected chi connectivity index (χ3v) is 4.12. The first-order valence-electron chi connectivity index (χ1n) is 7.91. The van der Waals surface area contributed by atoms with Crippen molar-refractivity contribution in [2.75, 3.05) is 11.9 Å². The highest BCUT2D eigenvalue weighted by Gasteiger charge is 2.40. The lowest BCUT2D eigenvalue weighted by molar-refractivity contribution is -0.148. The molecule has 2 atom stereocenters. The van der Waals surface area contributed by atoms with Crippen LogP contribution in [0.4, 0.5) is 5.69 Å². The minimum atomic E-state index is -0.446. The summed E-state index contributed by atoms with van der Waals surface area (Å²) < 4.78 is 4.99. The zero-order valence-electron chi connectivity index (χ0n) is 13.0. The Kier molecular flexibility index (Phi) is 4.32. The van der Waals surface area contributed by atoms with Crippen LogP contribution >= 0.6 is 0 Å². The van der Waals surface area contributed by atoms with E-state index in [9.17, 15) is 14.4 Å². The van der Waals surface area contributed by atoms with Crippen molar-refractivity contribution >= 4 is 23.5 Å². The predicted molar refractivity (Wildman–Crippen MR) is 83.8 cm³/mol. The number of hydrogen-bond donors (Lipinski definition) is 2. The summed E-state index contributed by atoms with van der Waals surface area (Å²) in [6.45, 7) is 1.64. The molecule has 2 fully saturated rings. The molecule has 122 valence electrons. The van der Waals surface area contributed by atoms with Gasteiger partial charge in [-0.05, 0) is 37.3 Å². The molecular weight excluding hydrogens is 296 g/mol. The molecule has 6 nitrogen and oxygen atoms in total. The quantitative estimate of drug-likeness (QED) is 0.783. The van der Waals surface area contributed by atoms with Crippen molar-refractivity contribution < 1.29 is 19.1 Å². The third-order valence-electron chi connectivity index (χ3n) is 4.12. The first-order valence-corrected chi connectivity index (χ1v) is 7.91. The zero-order chi connectivity index (χ0) is 16.4. The van der Waals surface area contributed by atoms with Crippen LogP contribution in [0.5, 0.6) is 0 Å². The van der Waals surface area contributed by atoms with Gasteiger partial charge in [0.25, 0.3) is 11.8 Å². The number of anilines is 1. The molecule has 1 aromatic carbocycles. The van der Waals surface area contributed by atoms with Gasteiger partial charge in [-0.25, -0.2) is 0 Å². The molecule has 2 amide bonds. The molecule has 0 saturated heterocycles. The fourth-order valence-corrected chi connectivity index (χ4v) is 2.36. The van der Waals surface area contributed by atoms with Gasteiger partial charge < -0.3 is 15.4 Å². The largest absolute Gasteiger partial charge is 0.455 e. The number of nitrogens with one attached hydrogen (secondary N) is 2. The van der Waals surface area contributed by atoms with Crippen molar-refractivity contribution in [3.8, 4) is 0 Å². The molecule has 2 aliphatic rings. The van der Waals surface area contributed by atoms with Gasteiger partial charge in [0.05, 0.1) is 17.2 Å². The van der Waals surface area contributed by atoms with Gasteiger partial charge in [-0.15, -0.1) is 0 Å². The molecule has 6 heteroatoms. The van der Waals surface area contributed by atoms with Crippen LogP contribution in [0.3, 0.4) is 0 Å². The molecule has 2 N–H and O–H groups in total. The van der Waals surface area contributed by atoms with E-state index in [-0.39, 0.29) is 30.4 Å². The molecule has 2 saturated carbocycles. The standard InChI is InChI=1S/C17H20N2O4/c1-10-8-13(10)17(22)23-9-15(20)19-14-5-3-2-4-12(14)16(21)18-11-6-7-11/h2-5,10-11,13H,6-9H2,1H3,(H,18,21)(H,19,20)/t10-,13+/m1/s1. The van der Waals surface area contributed by atoms with Crippen LogP contribution in [0.1, 0.15) is 36.5 Å². The maximum Gasteiger partial charge on any atom is 0.309 e. The number of amides is 2. The van der Waals surface area contributed by atoms with Gasteiger partial charge in [0.1, 0.15) is 0 Å². The van der Waals surface area contributed by atoms with Crippen LogP contribution in [0.25, 0.3) is 0 Å². The van der Waals surface area contributed by atoms with Crippen LogP contribution in [0.2, 0.25) is 0 Å². The van der Waals surface area contributed by atoms with Gasteiger partial charge in [0.15, 0.2) is 6.61 Å². The molecular formula is C17H20N2O4. The number of esters is 1. The Bertz CT molecular complexity index is 639. The number of rotatable bonds is 6. The lowest BCUT2D eigenvalue weighted by Crippen LogP contribution is -2.28. The summed E-state index contributed by atoms with van der Waals surface area (Å²) >= 11 is 0. The topological polar surface area (TPSA) is 84.5 Å². The molecule has 23 heavy (non-hydrogen) atoms. The summed E-state index contributed by atoms with van der Waals surface area (Å²) in [5.41, 5.74) is 0.835. The minimum absolute atomic E-state index is 0.0700. The minimum Gasteiger partial charge on any atom is -0.455 e. The molecule has 0 radical (unpaired) electrons. The number of para-hydroxylation sites is 1. The summed E-state index contributed by atoms with van der Waals surface area (Å²) in [4.78, 5) is 35.7. The van der Waals surface area contributed by atoms with E-state index < -0.39 is 5.91 Å². The summed E-state index contributed by atoms with van der Waals surface area (Å²) in [5, 5.41) is 5.52. The van der Waals surface area contributed by atoms with Crippen LogP contribution in [0, 0.1) is 11.8 Å². The highest BCUT2D eigenvalue weighted by atomic mass is 16.5. The Morgan fingerprint density at radius 1 is 1.22 bits per heavy atom. The second-order valence-corrected chi connectivity index (χ2v) is 6.27. The maximum absolute atomic E-state index is 12.1. The van der Waals surface area contributed by atoms with Crippen molar-refractivity contribution in [3.05, 3.63) is 29.8 Å². The van der Waals surface area contributed by atoms with Crippen LogP contribution in [-0.4, -0.2) is 30.4 Å². The maximum atomic E-state index is 12.1. The van der Waals surface area contributed by atoms with E-state index in [1.807, 2.05) is 6.92 Å². The summed E-state index contributed by atoms with van der Waals surface area (Å²) in [7, 11) is 0. The lowest BCUT2D eigenvalue weighted by Gasteiger charge is -2.11. The molecule has 0 unspecified atom stereocenters. The molecule has 0 bridgehead atoms. The lowest BCUT2D eigenvalue weighted by atomic mass is 10.1. The predicted octanol–water partition coefficient (Wildman–Crippen LogP) is 1.72. The van der Waals surface area contributed by atoms with Gasteiger partial charge in [-0.3, -0.25) is 14.4 Å². The van der Waals surface area contributed by atoms with Crippen molar-refractivity contribution in [2.45, 2.75) is 32.2 Å². The smallest absolute Gasteiger partial charge is 0.309 e. The second-order valence-electron chi connectivity index (χ2n) is 6.27. The fraction of sp³-hybridized carbons (Fsp3) is 0.471. The Labute approximate surface area is 134 Å². The van der Waals surface area contributed by atoms with Crippen LogP contribution in [0.15, 0.2) is 24.3 Å². The highest BCUT2D eigenvalue weighted by Crippen LogP contribution is 2.38. The second kappa shape index (κ2) is 6.40. The van der Waals surface area contributed by atoms with Crippen LogP contribution in [-0.2, 0) is 14.3 Å². The Balaban J connectivity index is 1.55. The number of ether oxygens (including phenoxy) is 1. The van der Waals surface area contributed by atoms with Gasteiger partial charge in [-0.2, -0.15) is 0 Å². The van der Waals surface area contributed by atoms with E-state index in [1.54, 1.807) is 24.3 Å². The Morgan fingerprint density at radius 3 is 2.57 bits per heavy atom. The third kappa shape index (κ3) is 4.09. The SMILES string of the molecule is C[C@@H]1C[C@@H]1C(=O)OCC(=O)Nc1ccccc1C(=O)NC1CC1. The zero-order valence-corrected chi connectivity index (χ0v) is 13.0. The van der Waals surface area contributed by atoms with Crippen molar-refractivity contribution in [3.63, 3.8) is 0 Å². The van der Waals surface area contributed by atoms with Gasteiger partial charge in [0, 0.05) is 6.04 Å². The summed E-state index contributed by atoms with van der Waals surface area (Å²) in [6, 6.07) is 7.04. The van der Waals surface area contributed by atoms with E-state index in [2.05, 4.69) is 10.6 Å². The first-order chi connectivity index (χ1) is 11.0. The first kappa shape index (κ1) is 15.5. The average Bonchev–Trinajstić information content (AvgIpc) is 3.44. The highest BCUT2D eigenvalue weighted by molar-refractivity contribution is 6.04. The summed E-state index contributed by atoms with van der Waals surface area (Å²) in [5.74, 6) is -0.699. The van der Waals surface area contributed by atoms with E-state index in [1.165, 1.54) is 0 Å². The van der Waals surface area contributed by atoms with Crippen molar-refractivity contribution in [1.82, 2.24) is 5.32 Å². The number of hydrogen-bond acceptors (Lipinski definition) is 4. The van der Waals surface area contributed by atoms with Crippen LogP contribution < -0.4 is 10.6 Å².